The second-order valence-corrected chi connectivity index (χ2v) is 7.06. The topological polar surface area (TPSA) is 75.9 Å². The zero-order valence-corrected chi connectivity index (χ0v) is 15.4. The molecule has 0 saturated carbocycles. The first kappa shape index (κ1) is 17.7. The van der Waals surface area contributed by atoms with Gasteiger partial charge in [0.15, 0.2) is 0 Å². The highest BCUT2D eigenvalue weighted by Crippen LogP contribution is 2.21. The number of hydrogen-bond acceptors (Lipinski definition) is 5. The van der Waals surface area contributed by atoms with Gasteiger partial charge < -0.3 is 19.1 Å². The fourth-order valence-corrected chi connectivity index (χ4v) is 3.50. The molecule has 142 valence electrons. The van der Waals surface area contributed by atoms with E-state index in [0.29, 0.717) is 38.5 Å². The van der Waals surface area contributed by atoms with Crippen LogP contribution in [0.4, 0.5) is 0 Å². The number of nitrogens with zero attached hydrogens (tertiary/aromatic N) is 3. The van der Waals surface area contributed by atoms with Gasteiger partial charge in [0.2, 0.25) is 5.76 Å². The molecule has 1 aromatic heterocycles. The summed E-state index contributed by atoms with van der Waals surface area (Å²) in [7, 11) is 0. The lowest BCUT2D eigenvalue weighted by Gasteiger charge is -2.35. The average Bonchev–Trinajstić information content (AvgIpc) is 3.40. The zero-order chi connectivity index (χ0) is 18.8. The third-order valence-electron chi connectivity index (χ3n) is 5.15. The number of carbonyl (C=O) groups excluding carboxylic acids is 2. The summed E-state index contributed by atoms with van der Waals surface area (Å²) in [5, 5.41) is 4.02. The molecule has 2 saturated heterocycles. The lowest BCUT2D eigenvalue weighted by Crippen LogP contribution is -2.52. The van der Waals surface area contributed by atoms with E-state index in [1.54, 1.807) is 15.9 Å². The number of rotatable bonds is 3. The van der Waals surface area contributed by atoms with Crippen LogP contribution >= 0.6 is 0 Å². The second-order valence-electron chi connectivity index (χ2n) is 7.06. The van der Waals surface area contributed by atoms with Crippen LogP contribution in [0.5, 0.6) is 0 Å². The van der Waals surface area contributed by atoms with Crippen LogP contribution in [0.1, 0.15) is 29.0 Å². The van der Waals surface area contributed by atoms with Crippen LogP contribution in [0.3, 0.4) is 0 Å². The standard InChI is InChI=1S/C20H23N3O4/c1-14-4-6-15(7-5-14)16-13-18(27-21-16)20(25)23-10-8-22(9-11-23)19(24)17-3-2-12-26-17/h4-7,13,17H,2-3,8-12H2,1H3. The summed E-state index contributed by atoms with van der Waals surface area (Å²) in [4.78, 5) is 28.6. The SMILES string of the molecule is Cc1ccc(-c2cc(C(=O)N3CCN(C(=O)C4CCCO4)CC3)on2)cc1. The van der Waals surface area contributed by atoms with Crippen molar-refractivity contribution < 1.29 is 18.8 Å². The molecule has 0 spiro atoms. The molecule has 1 aromatic carbocycles. The lowest BCUT2D eigenvalue weighted by molar-refractivity contribution is -0.142. The first-order valence-electron chi connectivity index (χ1n) is 9.35. The summed E-state index contributed by atoms with van der Waals surface area (Å²) in [6.07, 6.45) is 1.42. The highest BCUT2D eigenvalue weighted by atomic mass is 16.5. The smallest absolute Gasteiger partial charge is 0.292 e. The lowest BCUT2D eigenvalue weighted by atomic mass is 10.1. The van der Waals surface area contributed by atoms with Crippen molar-refractivity contribution in [3.05, 3.63) is 41.7 Å². The number of ether oxygens (including phenoxy) is 1. The molecule has 0 N–H and O–H groups in total. The molecule has 1 atom stereocenters. The first-order chi connectivity index (χ1) is 13.1. The van der Waals surface area contributed by atoms with E-state index in [1.165, 1.54) is 0 Å². The Morgan fingerprint density at radius 1 is 1.07 bits per heavy atom. The average molecular weight is 369 g/mol. The Morgan fingerprint density at radius 2 is 1.78 bits per heavy atom. The molecule has 1 unspecified atom stereocenters. The van der Waals surface area contributed by atoms with Crippen LogP contribution in [-0.4, -0.2) is 65.7 Å². The van der Waals surface area contributed by atoms with Crippen LogP contribution in [0.25, 0.3) is 11.3 Å². The molecule has 7 heteroatoms. The van der Waals surface area contributed by atoms with Gasteiger partial charge in [0.05, 0.1) is 0 Å². The quantitative estimate of drug-likeness (QED) is 0.828. The van der Waals surface area contributed by atoms with Crippen LogP contribution in [-0.2, 0) is 9.53 Å². The fraction of sp³-hybridized carbons (Fsp3) is 0.450. The second kappa shape index (κ2) is 7.52. The maximum atomic E-state index is 12.7. The Balaban J connectivity index is 1.37. The van der Waals surface area contributed by atoms with E-state index in [0.717, 1.165) is 24.0 Å². The predicted molar refractivity (Wildman–Crippen MR) is 98.1 cm³/mol. The van der Waals surface area contributed by atoms with Gasteiger partial charge in [0, 0.05) is 44.4 Å². The minimum atomic E-state index is -0.307. The van der Waals surface area contributed by atoms with Gasteiger partial charge in [-0.05, 0) is 19.8 Å². The van der Waals surface area contributed by atoms with Gasteiger partial charge in [0.1, 0.15) is 11.8 Å². The Kier molecular flexibility index (Phi) is 4.94. The number of carbonyl (C=O) groups is 2. The molecule has 2 aromatic rings. The van der Waals surface area contributed by atoms with Crippen molar-refractivity contribution in [2.45, 2.75) is 25.9 Å². The fourth-order valence-electron chi connectivity index (χ4n) is 3.50. The van der Waals surface area contributed by atoms with Gasteiger partial charge in [-0.1, -0.05) is 35.0 Å². The zero-order valence-electron chi connectivity index (χ0n) is 15.4. The predicted octanol–water partition coefficient (Wildman–Crippen LogP) is 2.11. The van der Waals surface area contributed by atoms with Crippen LogP contribution in [0.15, 0.2) is 34.9 Å². The van der Waals surface area contributed by atoms with Crippen molar-refractivity contribution in [3.63, 3.8) is 0 Å². The number of benzene rings is 1. The highest BCUT2D eigenvalue weighted by molar-refractivity contribution is 5.92. The summed E-state index contributed by atoms with van der Waals surface area (Å²) in [5.74, 6) is 0.0791. The van der Waals surface area contributed by atoms with E-state index in [1.807, 2.05) is 31.2 Å². The van der Waals surface area contributed by atoms with Gasteiger partial charge in [-0.3, -0.25) is 9.59 Å². The van der Waals surface area contributed by atoms with E-state index in [4.69, 9.17) is 9.26 Å². The van der Waals surface area contributed by atoms with Crippen molar-refractivity contribution in [2.75, 3.05) is 32.8 Å². The Morgan fingerprint density at radius 3 is 2.44 bits per heavy atom. The third kappa shape index (κ3) is 3.73. The van der Waals surface area contributed by atoms with Crippen molar-refractivity contribution in [1.29, 1.82) is 0 Å². The molecule has 0 radical (unpaired) electrons. The molecule has 2 aliphatic heterocycles. The summed E-state index contributed by atoms with van der Waals surface area (Å²) >= 11 is 0. The van der Waals surface area contributed by atoms with E-state index >= 15 is 0 Å². The van der Waals surface area contributed by atoms with E-state index < -0.39 is 0 Å². The Bertz CT molecular complexity index is 816. The Labute approximate surface area is 157 Å². The largest absolute Gasteiger partial charge is 0.368 e. The first-order valence-corrected chi connectivity index (χ1v) is 9.35. The third-order valence-corrected chi connectivity index (χ3v) is 5.15. The van der Waals surface area contributed by atoms with Crippen molar-refractivity contribution in [3.8, 4) is 11.3 Å². The molecule has 7 nitrogen and oxygen atoms in total. The molecule has 27 heavy (non-hydrogen) atoms. The van der Waals surface area contributed by atoms with Crippen molar-refractivity contribution >= 4 is 11.8 Å². The summed E-state index contributed by atoms with van der Waals surface area (Å²) < 4.78 is 10.7. The normalized spacial score (nSPS) is 20.1. The molecular weight excluding hydrogens is 346 g/mol. The van der Waals surface area contributed by atoms with E-state index in [2.05, 4.69) is 5.16 Å². The molecule has 3 heterocycles. The molecule has 2 amide bonds. The maximum absolute atomic E-state index is 12.7. The van der Waals surface area contributed by atoms with Gasteiger partial charge in [0.25, 0.3) is 11.8 Å². The maximum Gasteiger partial charge on any atom is 0.292 e. The number of aromatic nitrogens is 1. The van der Waals surface area contributed by atoms with Crippen LogP contribution in [0, 0.1) is 6.92 Å². The van der Waals surface area contributed by atoms with E-state index in [-0.39, 0.29) is 23.7 Å². The highest BCUT2D eigenvalue weighted by Gasteiger charge is 2.32. The number of amides is 2. The molecule has 4 rings (SSSR count). The molecular formula is C20H23N3O4. The minimum absolute atomic E-state index is 0.0425. The molecule has 2 fully saturated rings. The minimum Gasteiger partial charge on any atom is -0.368 e. The van der Waals surface area contributed by atoms with Crippen molar-refractivity contribution in [1.82, 2.24) is 15.0 Å². The number of hydrogen-bond donors (Lipinski definition) is 0. The van der Waals surface area contributed by atoms with E-state index in [9.17, 15) is 9.59 Å². The monoisotopic (exact) mass is 369 g/mol. The summed E-state index contributed by atoms with van der Waals surface area (Å²) in [6.45, 7) is 4.68. The Hall–Kier alpha value is -2.67. The number of piperazine rings is 1. The van der Waals surface area contributed by atoms with Crippen LogP contribution in [0.2, 0.25) is 0 Å². The van der Waals surface area contributed by atoms with Gasteiger partial charge in [-0.15, -0.1) is 0 Å². The molecule has 0 bridgehead atoms. The van der Waals surface area contributed by atoms with Gasteiger partial charge >= 0.3 is 0 Å². The number of aryl methyl sites for hydroxylation is 1. The molecule has 2 aliphatic rings. The van der Waals surface area contributed by atoms with Gasteiger partial charge in [-0.2, -0.15) is 0 Å². The summed E-state index contributed by atoms with van der Waals surface area (Å²) in [5.41, 5.74) is 2.72. The van der Waals surface area contributed by atoms with Crippen molar-refractivity contribution in [2.24, 2.45) is 0 Å². The molecule has 0 aliphatic carbocycles. The summed E-state index contributed by atoms with van der Waals surface area (Å²) in [6, 6.07) is 9.58. The van der Waals surface area contributed by atoms with Gasteiger partial charge in [-0.25, -0.2) is 0 Å². The van der Waals surface area contributed by atoms with Crippen LogP contribution < -0.4 is 0 Å².